The van der Waals surface area contributed by atoms with Crippen LogP contribution < -0.4 is 16.0 Å². The largest absolute Gasteiger partial charge is 0.396 e. The molecule has 4 N–H and O–H groups in total. The molecule has 0 aliphatic carbocycles. The van der Waals surface area contributed by atoms with E-state index >= 15 is 0 Å². The van der Waals surface area contributed by atoms with Crippen molar-refractivity contribution in [3.63, 3.8) is 0 Å². The number of anilines is 2. The van der Waals surface area contributed by atoms with Gasteiger partial charge in [0.05, 0.1) is 0 Å². The molecule has 1 aliphatic rings. The fourth-order valence-electron chi connectivity index (χ4n) is 2.03. The Morgan fingerprint density at radius 3 is 2.65 bits per heavy atom. The number of piperazine rings is 1. The van der Waals surface area contributed by atoms with Gasteiger partial charge in [-0.15, -0.1) is 0 Å². The van der Waals surface area contributed by atoms with Gasteiger partial charge in [0, 0.05) is 50.5 Å². The van der Waals surface area contributed by atoms with E-state index in [0.29, 0.717) is 18.2 Å². The van der Waals surface area contributed by atoms with Gasteiger partial charge in [-0.2, -0.15) is 4.98 Å². The van der Waals surface area contributed by atoms with Crippen LogP contribution in [0, 0.1) is 6.92 Å². The Bertz CT molecular complexity index is 366. The summed E-state index contributed by atoms with van der Waals surface area (Å²) in [6, 6.07) is 0. The zero-order valence-corrected chi connectivity index (χ0v) is 10.1. The smallest absolute Gasteiger partial charge is 0.227 e. The Kier molecular flexibility index (Phi) is 3.75. The second-order valence-electron chi connectivity index (χ2n) is 4.18. The summed E-state index contributed by atoms with van der Waals surface area (Å²) < 4.78 is 0. The SMILES string of the molecule is Cc1nc(N2CCNCC2)nc(N)c1CCO. The lowest BCUT2D eigenvalue weighted by molar-refractivity contribution is 0.299. The highest BCUT2D eigenvalue weighted by Gasteiger charge is 2.16. The second-order valence-corrected chi connectivity index (χ2v) is 4.18. The molecule has 0 spiro atoms. The molecular weight excluding hydrogens is 218 g/mol. The molecule has 0 amide bonds. The first-order valence-electron chi connectivity index (χ1n) is 5.92. The van der Waals surface area contributed by atoms with Crippen molar-refractivity contribution in [1.29, 1.82) is 0 Å². The number of aromatic nitrogens is 2. The van der Waals surface area contributed by atoms with Crippen LogP contribution in [0.4, 0.5) is 11.8 Å². The summed E-state index contributed by atoms with van der Waals surface area (Å²) in [5.41, 5.74) is 7.62. The van der Waals surface area contributed by atoms with Gasteiger partial charge in [0.1, 0.15) is 5.82 Å². The summed E-state index contributed by atoms with van der Waals surface area (Å²) in [4.78, 5) is 10.9. The van der Waals surface area contributed by atoms with E-state index in [-0.39, 0.29) is 6.61 Å². The van der Waals surface area contributed by atoms with Crippen molar-refractivity contribution >= 4 is 11.8 Å². The topological polar surface area (TPSA) is 87.3 Å². The molecule has 0 aromatic carbocycles. The highest BCUT2D eigenvalue weighted by atomic mass is 16.2. The van der Waals surface area contributed by atoms with E-state index in [2.05, 4.69) is 20.2 Å². The fourth-order valence-corrected chi connectivity index (χ4v) is 2.03. The molecule has 17 heavy (non-hydrogen) atoms. The molecule has 0 saturated carbocycles. The van der Waals surface area contributed by atoms with Crippen molar-refractivity contribution < 1.29 is 5.11 Å². The molecule has 1 aromatic rings. The van der Waals surface area contributed by atoms with Crippen molar-refractivity contribution in [2.45, 2.75) is 13.3 Å². The Morgan fingerprint density at radius 1 is 1.35 bits per heavy atom. The normalized spacial score (nSPS) is 16.2. The predicted molar refractivity (Wildman–Crippen MR) is 67.1 cm³/mol. The van der Waals surface area contributed by atoms with E-state index in [1.807, 2.05) is 6.92 Å². The van der Waals surface area contributed by atoms with Crippen molar-refractivity contribution in [1.82, 2.24) is 15.3 Å². The lowest BCUT2D eigenvalue weighted by atomic mass is 10.1. The lowest BCUT2D eigenvalue weighted by Crippen LogP contribution is -2.44. The number of hydrogen-bond donors (Lipinski definition) is 3. The number of aliphatic hydroxyl groups is 1. The molecule has 1 saturated heterocycles. The Morgan fingerprint density at radius 2 is 2.06 bits per heavy atom. The van der Waals surface area contributed by atoms with E-state index in [1.54, 1.807) is 0 Å². The van der Waals surface area contributed by atoms with Crippen molar-refractivity contribution in [2.75, 3.05) is 43.4 Å². The average Bonchev–Trinajstić information content (AvgIpc) is 2.35. The molecule has 1 aromatic heterocycles. The summed E-state index contributed by atoms with van der Waals surface area (Å²) in [6.07, 6.45) is 0.513. The van der Waals surface area contributed by atoms with Crippen molar-refractivity contribution in [3.8, 4) is 0 Å². The van der Waals surface area contributed by atoms with Gasteiger partial charge in [-0.3, -0.25) is 0 Å². The summed E-state index contributed by atoms with van der Waals surface area (Å²) in [6.45, 7) is 5.67. The first-order valence-corrected chi connectivity index (χ1v) is 5.92. The second kappa shape index (κ2) is 5.29. The molecule has 6 nitrogen and oxygen atoms in total. The maximum absolute atomic E-state index is 8.96. The van der Waals surface area contributed by atoms with Gasteiger partial charge in [-0.05, 0) is 6.92 Å². The molecule has 0 unspecified atom stereocenters. The van der Waals surface area contributed by atoms with Crippen molar-refractivity contribution in [2.24, 2.45) is 0 Å². The summed E-state index contributed by atoms with van der Waals surface area (Å²) in [5, 5.41) is 12.2. The van der Waals surface area contributed by atoms with Crippen LogP contribution in [0.5, 0.6) is 0 Å². The summed E-state index contributed by atoms with van der Waals surface area (Å²) in [5.74, 6) is 1.18. The van der Waals surface area contributed by atoms with Gasteiger partial charge in [0.2, 0.25) is 5.95 Å². The van der Waals surface area contributed by atoms with Crippen LogP contribution in [-0.2, 0) is 6.42 Å². The van der Waals surface area contributed by atoms with E-state index in [9.17, 15) is 0 Å². The summed E-state index contributed by atoms with van der Waals surface area (Å²) in [7, 11) is 0. The number of aryl methyl sites for hydroxylation is 1. The van der Waals surface area contributed by atoms with Gasteiger partial charge in [-0.25, -0.2) is 4.98 Å². The zero-order valence-electron chi connectivity index (χ0n) is 10.1. The zero-order chi connectivity index (χ0) is 12.3. The Labute approximate surface area is 101 Å². The molecule has 1 fully saturated rings. The van der Waals surface area contributed by atoms with Gasteiger partial charge >= 0.3 is 0 Å². The molecule has 2 heterocycles. The van der Waals surface area contributed by atoms with Gasteiger partial charge in [0.15, 0.2) is 0 Å². The van der Waals surface area contributed by atoms with Gasteiger partial charge in [-0.1, -0.05) is 0 Å². The molecule has 6 heteroatoms. The highest BCUT2D eigenvalue weighted by Crippen LogP contribution is 2.18. The van der Waals surface area contributed by atoms with Crippen LogP contribution in [0.2, 0.25) is 0 Å². The number of hydrogen-bond acceptors (Lipinski definition) is 6. The number of nitrogens with zero attached hydrogens (tertiary/aromatic N) is 3. The van der Waals surface area contributed by atoms with Gasteiger partial charge < -0.3 is 21.1 Å². The Hall–Kier alpha value is -1.40. The van der Waals surface area contributed by atoms with Crippen LogP contribution >= 0.6 is 0 Å². The standard InChI is InChI=1S/C11H19N5O/c1-8-9(2-7-17)10(12)15-11(14-8)16-5-3-13-4-6-16/h13,17H,2-7H2,1H3,(H2,12,14,15). The van der Waals surface area contributed by atoms with E-state index in [0.717, 1.165) is 37.4 Å². The van der Waals surface area contributed by atoms with E-state index in [4.69, 9.17) is 10.8 Å². The third kappa shape index (κ3) is 2.65. The number of aliphatic hydroxyl groups excluding tert-OH is 1. The van der Waals surface area contributed by atoms with Crippen LogP contribution in [0.15, 0.2) is 0 Å². The van der Waals surface area contributed by atoms with Gasteiger partial charge in [0.25, 0.3) is 0 Å². The minimum Gasteiger partial charge on any atom is -0.396 e. The fraction of sp³-hybridized carbons (Fsp3) is 0.636. The minimum atomic E-state index is 0.0708. The summed E-state index contributed by atoms with van der Waals surface area (Å²) >= 11 is 0. The molecule has 94 valence electrons. The third-order valence-corrected chi connectivity index (χ3v) is 3.00. The number of rotatable bonds is 3. The van der Waals surface area contributed by atoms with Crippen LogP contribution in [0.25, 0.3) is 0 Å². The van der Waals surface area contributed by atoms with Crippen LogP contribution in [0.3, 0.4) is 0 Å². The van der Waals surface area contributed by atoms with Crippen molar-refractivity contribution in [3.05, 3.63) is 11.3 Å². The number of nitrogens with two attached hydrogens (primary N) is 1. The molecular formula is C11H19N5O. The molecule has 0 bridgehead atoms. The van der Waals surface area contributed by atoms with E-state index < -0.39 is 0 Å². The van der Waals surface area contributed by atoms with Crippen LogP contribution in [-0.4, -0.2) is 47.9 Å². The molecule has 0 radical (unpaired) electrons. The predicted octanol–water partition coefficient (Wildman–Crippen LogP) is -0.688. The monoisotopic (exact) mass is 237 g/mol. The first-order chi connectivity index (χ1) is 8.22. The third-order valence-electron chi connectivity index (χ3n) is 3.00. The number of nitrogen functional groups attached to an aromatic ring is 1. The maximum atomic E-state index is 8.96. The Balaban J connectivity index is 2.24. The number of nitrogens with one attached hydrogen (secondary N) is 1. The minimum absolute atomic E-state index is 0.0708. The average molecular weight is 237 g/mol. The molecule has 0 atom stereocenters. The quantitative estimate of drug-likeness (QED) is 0.645. The van der Waals surface area contributed by atoms with Crippen LogP contribution in [0.1, 0.15) is 11.3 Å². The maximum Gasteiger partial charge on any atom is 0.227 e. The molecule has 1 aliphatic heterocycles. The lowest BCUT2D eigenvalue weighted by Gasteiger charge is -2.28. The highest BCUT2D eigenvalue weighted by molar-refractivity contribution is 5.48. The first kappa shape index (κ1) is 12.1. The van der Waals surface area contributed by atoms with E-state index in [1.165, 1.54) is 0 Å². The molecule has 2 rings (SSSR count).